The molecular formula is C24H25BrN2O4S. The summed E-state index contributed by atoms with van der Waals surface area (Å²) in [6.45, 7) is 1.60. The molecule has 0 bridgehead atoms. The van der Waals surface area contributed by atoms with Gasteiger partial charge >= 0.3 is 0 Å². The van der Waals surface area contributed by atoms with Crippen LogP contribution in [0.5, 0.6) is 5.75 Å². The van der Waals surface area contributed by atoms with Gasteiger partial charge in [0.15, 0.2) is 0 Å². The third-order valence-corrected chi connectivity index (χ3v) is 7.29. The van der Waals surface area contributed by atoms with Crippen molar-refractivity contribution in [3.8, 4) is 5.75 Å². The Labute approximate surface area is 197 Å². The summed E-state index contributed by atoms with van der Waals surface area (Å²) in [7, 11) is -2.33. The molecule has 0 aliphatic heterocycles. The van der Waals surface area contributed by atoms with Gasteiger partial charge in [0.25, 0.3) is 0 Å². The number of amides is 1. The summed E-state index contributed by atoms with van der Waals surface area (Å²) in [4.78, 5) is 13.0. The van der Waals surface area contributed by atoms with E-state index in [1.165, 1.54) is 16.4 Å². The summed E-state index contributed by atoms with van der Waals surface area (Å²) < 4.78 is 34.0. The number of carbonyl (C=O) groups excluding carboxylic acids is 1. The number of rotatable bonds is 9. The monoisotopic (exact) mass is 516 g/mol. The van der Waals surface area contributed by atoms with E-state index in [-0.39, 0.29) is 24.0 Å². The zero-order valence-electron chi connectivity index (χ0n) is 17.9. The standard InChI is InChI=1S/C24H25BrN2O4S/c1-18(22-10-6-7-11-23(22)31-2)26-24(28)17-27(16-19-8-4-3-5-9-19)32(29,30)21-14-12-20(25)13-15-21/h3-15,18H,16-17H2,1-2H3,(H,26,28)/t18-/m1/s1. The van der Waals surface area contributed by atoms with Crippen molar-refractivity contribution < 1.29 is 17.9 Å². The van der Waals surface area contributed by atoms with Gasteiger partial charge in [-0.15, -0.1) is 0 Å². The second-order valence-electron chi connectivity index (χ2n) is 7.24. The molecule has 0 saturated heterocycles. The van der Waals surface area contributed by atoms with Gasteiger partial charge in [-0.1, -0.05) is 64.5 Å². The van der Waals surface area contributed by atoms with Gasteiger partial charge in [0.2, 0.25) is 15.9 Å². The topological polar surface area (TPSA) is 75.7 Å². The van der Waals surface area contributed by atoms with Gasteiger partial charge in [-0.05, 0) is 42.8 Å². The largest absolute Gasteiger partial charge is 0.496 e. The van der Waals surface area contributed by atoms with Gasteiger partial charge in [0, 0.05) is 16.6 Å². The molecule has 6 nitrogen and oxygen atoms in total. The lowest BCUT2D eigenvalue weighted by Gasteiger charge is -2.24. The highest BCUT2D eigenvalue weighted by atomic mass is 79.9. The van der Waals surface area contributed by atoms with Gasteiger partial charge in [-0.2, -0.15) is 4.31 Å². The van der Waals surface area contributed by atoms with E-state index in [1.54, 1.807) is 19.2 Å². The van der Waals surface area contributed by atoms with Crippen molar-refractivity contribution in [1.29, 1.82) is 0 Å². The van der Waals surface area contributed by atoms with Crippen LogP contribution in [0.2, 0.25) is 0 Å². The van der Waals surface area contributed by atoms with E-state index in [4.69, 9.17) is 4.74 Å². The molecule has 3 rings (SSSR count). The fourth-order valence-corrected chi connectivity index (χ4v) is 4.97. The molecule has 0 radical (unpaired) electrons. The van der Waals surface area contributed by atoms with Crippen molar-refractivity contribution in [2.45, 2.75) is 24.4 Å². The Morgan fingerprint density at radius 2 is 1.62 bits per heavy atom. The van der Waals surface area contributed by atoms with E-state index in [1.807, 2.05) is 61.5 Å². The number of methoxy groups -OCH3 is 1. The second kappa shape index (κ2) is 10.8. The Hall–Kier alpha value is -2.68. The van der Waals surface area contributed by atoms with Crippen molar-refractivity contribution in [2.75, 3.05) is 13.7 Å². The Kier molecular flexibility index (Phi) is 8.06. The third-order valence-electron chi connectivity index (χ3n) is 4.96. The molecule has 0 unspecified atom stereocenters. The van der Waals surface area contributed by atoms with Crippen LogP contribution >= 0.6 is 15.9 Å². The first kappa shape index (κ1) is 24.0. The lowest BCUT2D eigenvalue weighted by molar-refractivity contribution is -0.122. The average molecular weight is 517 g/mol. The smallest absolute Gasteiger partial charge is 0.243 e. The summed E-state index contributed by atoms with van der Waals surface area (Å²) in [5, 5.41) is 2.89. The van der Waals surface area contributed by atoms with Crippen LogP contribution in [0.25, 0.3) is 0 Å². The number of hydrogen-bond donors (Lipinski definition) is 1. The maximum Gasteiger partial charge on any atom is 0.243 e. The highest BCUT2D eigenvalue weighted by Crippen LogP contribution is 2.25. The summed E-state index contributed by atoms with van der Waals surface area (Å²) in [6, 6.07) is 22.6. The van der Waals surface area contributed by atoms with Gasteiger partial charge in [-0.25, -0.2) is 8.42 Å². The van der Waals surface area contributed by atoms with Crippen LogP contribution in [0.1, 0.15) is 24.1 Å². The second-order valence-corrected chi connectivity index (χ2v) is 10.1. The molecule has 1 amide bonds. The maximum absolute atomic E-state index is 13.4. The molecule has 32 heavy (non-hydrogen) atoms. The molecule has 0 fully saturated rings. The van der Waals surface area contributed by atoms with Crippen molar-refractivity contribution in [3.63, 3.8) is 0 Å². The molecule has 0 saturated carbocycles. The van der Waals surface area contributed by atoms with Crippen LogP contribution in [0.4, 0.5) is 0 Å². The van der Waals surface area contributed by atoms with Crippen LogP contribution in [0.15, 0.2) is 88.2 Å². The van der Waals surface area contributed by atoms with E-state index in [9.17, 15) is 13.2 Å². The molecule has 3 aromatic carbocycles. The number of para-hydroxylation sites is 1. The van der Waals surface area contributed by atoms with Gasteiger partial charge < -0.3 is 10.1 Å². The minimum atomic E-state index is -3.90. The Morgan fingerprint density at radius 3 is 2.28 bits per heavy atom. The van der Waals surface area contributed by atoms with E-state index in [0.717, 1.165) is 15.6 Å². The van der Waals surface area contributed by atoms with E-state index in [2.05, 4.69) is 21.2 Å². The van der Waals surface area contributed by atoms with Crippen LogP contribution in [0, 0.1) is 0 Å². The first-order chi connectivity index (χ1) is 15.3. The van der Waals surface area contributed by atoms with E-state index < -0.39 is 15.9 Å². The first-order valence-corrected chi connectivity index (χ1v) is 12.3. The van der Waals surface area contributed by atoms with Crippen LogP contribution in [0.3, 0.4) is 0 Å². The fourth-order valence-electron chi connectivity index (χ4n) is 3.32. The molecule has 0 heterocycles. The summed E-state index contributed by atoms with van der Waals surface area (Å²) >= 11 is 3.32. The Balaban J connectivity index is 1.83. The quantitative estimate of drug-likeness (QED) is 0.453. The molecule has 168 valence electrons. The molecule has 3 aromatic rings. The number of benzene rings is 3. The highest BCUT2D eigenvalue weighted by molar-refractivity contribution is 9.10. The zero-order chi connectivity index (χ0) is 23.1. The molecule has 1 N–H and O–H groups in total. The minimum absolute atomic E-state index is 0.0791. The summed E-state index contributed by atoms with van der Waals surface area (Å²) in [5.41, 5.74) is 1.60. The summed E-state index contributed by atoms with van der Waals surface area (Å²) in [6.07, 6.45) is 0. The van der Waals surface area contributed by atoms with E-state index >= 15 is 0 Å². The average Bonchev–Trinajstić information content (AvgIpc) is 2.79. The number of halogens is 1. The van der Waals surface area contributed by atoms with Crippen LogP contribution in [-0.4, -0.2) is 32.3 Å². The van der Waals surface area contributed by atoms with Gasteiger partial charge in [0.1, 0.15) is 5.75 Å². The molecule has 1 atom stereocenters. The Morgan fingerprint density at radius 1 is 1.00 bits per heavy atom. The van der Waals surface area contributed by atoms with Crippen molar-refractivity contribution in [1.82, 2.24) is 9.62 Å². The summed E-state index contributed by atoms with van der Waals surface area (Å²) in [5.74, 6) is 0.254. The lowest BCUT2D eigenvalue weighted by Crippen LogP contribution is -2.41. The molecule has 0 aliphatic carbocycles. The number of nitrogens with zero attached hydrogens (tertiary/aromatic N) is 1. The molecule has 0 aliphatic rings. The van der Waals surface area contributed by atoms with E-state index in [0.29, 0.717) is 5.75 Å². The van der Waals surface area contributed by atoms with Crippen LogP contribution in [-0.2, 0) is 21.4 Å². The maximum atomic E-state index is 13.4. The predicted molar refractivity (Wildman–Crippen MR) is 128 cm³/mol. The normalized spacial score (nSPS) is 12.4. The SMILES string of the molecule is COc1ccccc1[C@@H](C)NC(=O)CN(Cc1ccccc1)S(=O)(=O)c1ccc(Br)cc1. The third kappa shape index (κ3) is 5.97. The Bertz CT molecular complexity index is 1150. The number of ether oxygens (including phenoxy) is 1. The van der Waals surface area contributed by atoms with Crippen LogP contribution < -0.4 is 10.1 Å². The zero-order valence-corrected chi connectivity index (χ0v) is 20.3. The van der Waals surface area contributed by atoms with Crippen molar-refractivity contribution in [3.05, 3.63) is 94.5 Å². The highest BCUT2D eigenvalue weighted by Gasteiger charge is 2.27. The first-order valence-electron chi connectivity index (χ1n) is 10.0. The fraction of sp³-hybridized carbons (Fsp3) is 0.208. The number of hydrogen-bond acceptors (Lipinski definition) is 4. The predicted octanol–water partition coefficient (Wildman–Crippen LogP) is 4.53. The van der Waals surface area contributed by atoms with Gasteiger partial charge in [-0.3, -0.25) is 4.79 Å². The molecular weight excluding hydrogens is 492 g/mol. The number of sulfonamides is 1. The van der Waals surface area contributed by atoms with Crippen molar-refractivity contribution >= 4 is 31.9 Å². The van der Waals surface area contributed by atoms with Crippen molar-refractivity contribution in [2.24, 2.45) is 0 Å². The molecule has 8 heteroatoms. The number of nitrogens with one attached hydrogen (secondary N) is 1. The van der Waals surface area contributed by atoms with Gasteiger partial charge in [0.05, 0.1) is 24.6 Å². The number of carbonyl (C=O) groups is 1. The minimum Gasteiger partial charge on any atom is -0.496 e. The molecule has 0 aromatic heterocycles. The lowest BCUT2D eigenvalue weighted by atomic mass is 10.1. The molecule has 0 spiro atoms.